The van der Waals surface area contributed by atoms with Crippen molar-refractivity contribution in [3.63, 3.8) is 0 Å². The van der Waals surface area contributed by atoms with E-state index in [9.17, 15) is 4.79 Å². The summed E-state index contributed by atoms with van der Waals surface area (Å²) in [4.78, 5) is 15.4. The van der Waals surface area contributed by atoms with E-state index in [1.165, 1.54) is 31.0 Å². The van der Waals surface area contributed by atoms with Gasteiger partial charge in [-0.2, -0.15) is 0 Å². The molecule has 0 spiro atoms. The maximum absolute atomic E-state index is 10.8. The molecule has 2 rings (SSSR count). The second kappa shape index (κ2) is 7.84. The smallest absolute Gasteiger partial charge is 0.313 e. The van der Waals surface area contributed by atoms with Gasteiger partial charge in [-0.25, -0.2) is 4.98 Å². The van der Waals surface area contributed by atoms with Gasteiger partial charge in [0, 0.05) is 11.0 Å². The van der Waals surface area contributed by atoms with Crippen molar-refractivity contribution in [2.24, 2.45) is 0 Å². The highest BCUT2D eigenvalue weighted by Gasteiger charge is 2.12. The summed E-state index contributed by atoms with van der Waals surface area (Å²) in [6.07, 6.45) is 4.72. The summed E-state index contributed by atoms with van der Waals surface area (Å²) >= 11 is 4.74. The fourth-order valence-corrected chi connectivity index (χ4v) is 3.34. The van der Waals surface area contributed by atoms with Crippen molar-refractivity contribution in [1.82, 2.24) is 9.55 Å². The molecule has 0 aliphatic carbocycles. The van der Waals surface area contributed by atoms with Crippen LogP contribution in [0.5, 0.6) is 0 Å². The van der Waals surface area contributed by atoms with Gasteiger partial charge in [0.25, 0.3) is 0 Å². The Morgan fingerprint density at radius 1 is 1.38 bits per heavy atom. The molecule has 0 radical (unpaired) electrons. The second-order valence-corrected chi connectivity index (χ2v) is 6.78. The molecule has 0 bridgehead atoms. The van der Waals surface area contributed by atoms with Gasteiger partial charge < -0.3 is 9.67 Å². The van der Waals surface area contributed by atoms with Gasteiger partial charge in [0.1, 0.15) is 0 Å². The Balaban J connectivity index is 2.23. The number of unbranched alkanes of at least 4 members (excludes halogenated alkanes) is 3. The molecule has 0 amide bonds. The lowest BCUT2D eigenvalue weighted by molar-refractivity contribution is -0.133. The molecule has 114 valence electrons. The number of imidazole rings is 1. The molecular weight excluding hydrogens is 352 g/mol. The van der Waals surface area contributed by atoms with Crippen LogP contribution in [0.2, 0.25) is 0 Å². The lowest BCUT2D eigenvalue weighted by Crippen LogP contribution is -2.03. The van der Waals surface area contributed by atoms with Crippen molar-refractivity contribution >= 4 is 44.7 Å². The van der Waals surface area contributed by atoms with Gasteiger partial charge in [0.05, 0.1) is 16.8 Å². The predicted octanol–water partition coefficient (Wildman–Crippen LogP) is 4.56. The molecule has 0 saturated heterocycles. The highest BCUT2D eigenvalue weighted by atomic mass is 79.9. The number of fused-ring (bicyclic) bond motifs is 1. The summed E-state index contributed by atoms with van der Waals surface area (Å²) in [5.74, 6) is -0.773. The van der Waals surface area contributed by atoms with E-state index < -0.39 is 5.97 Å². The quantitative estimate of drug-likeness (QED) is 0.546. The molecule has 6 heteroatoms. The number of hydrogen-bond donors (Lipinski definition) is 1. The van der Waals surface area contributed by atoms with Crippen LogP contribution in [0.1, 0.15) is 32.6 Å². The molecule has 2 aromatic rings. The van der Waals surface area contributed by atoms with Crippen molar-refractivity contribution in [3.05, 3.63) is 22.7 Å². The largest absolute Gasteiger partial charge is 0.481 e. The zero-order valence-electron chi connectivity index (χ0n) is 12.0. The number of aliphatic carboxylic acids is 1. The first kappa shape index (κ1) is 16.4. The van der Waals surface area contributed by atoms with Gasteiger partial charge in [-0.3, -0.25) is 4.79 Å². The Morgan fingerprint density at radius 3 is 2.90 bits per heavy atom. The van der Waals surface area contributed by atoms with Crippen LogP contribution in [0.4, 0.5) is 0 Å². The summed E-state index contributed by atoms with van der Waals surface area (Å²) in [6.45, 7) is 3.08. The van der Waals surface area contributed by atoms with E-state index in [0.717, 1.165) is 33.6 Å². The third-order valence-electron chi connectivity index (χ3n) is 3.24. The van der Waals surface area contributed by atoms with Crippen LogP contribution in [0.3, 0.4) is 0 Å². The first-order valence-corrected chi connectivity index (χ1v) is 8.90. The van der Waals surface area contributed by atoms with Gasteiger partial charge in [-0.05, 0) is 24.6 Å². The van der Waals surface area contributed by atoms with Gasteiger partial charge in [0.15, 0.2) is 5.16 Å². The zero-order chi connectivity index (χ0) is 15.2. The third-order valence-corrected chi connectivity index (χ3v) is 4.69. The number of rotatable bonds is 8. The van der Waals surface area contributed by atoms with Crippen LogP contribution in [-0.4, -0.2) is 26.4 Å². The molecule has 0 unspecified atom stereocenters. The summed E-state index contributed by atoms with van der Waals surface area (Å²) < 4.78 is 3.13. The first-order chi connectivity index (χ1) is 10.1. The number of nitrogens with zero attached hydrogens (tertiary/aromatic N) is 2. The van der Waals surface area contributed by atoms with Gasteiger partial charge in [-0.15, -0.1) is 0 Å². The van der Waals surface area contributed by atoms with Crippen LogP contribution in [-0.2, 0) is 11.3 Å². The highest BCUT2D eigenvalue weighted by molar-refractivity contribution is 9.10. The minimum atomic E-state index is -0.814. The van der Waals surface area contributed by atoms with E-state index in [2.05, 4.69) is 32.4 Å². The number of carboxylic acid groups (broad SMARTS) is 1. The van der Waals surface area contributed by atoms with Crippen LogP contribution in [0.15, 0.2) is 27.8 Å². The number of hydrogen-bond acceptors (Lipinski definition) is 3. The van der Waals surface area contributed by atoms with Crippen LogP contribution in [0, 0.1) is 0 Å². The van der Waals surface area contributed by atoms with E-state index in [1.807, 2.05) is 18.2 Å². The van der Waals surface area contributed by atoms with Crippen molar-refractivity contribution in [2.45, 2.75) is 44.3 Å². The second-order valence-electron chi connectivity index (χ2n) is 4.92. The lowest BCUT2D eigenvalue weighted by atomic mass is 10.2. The molecule has 0 aliphatic heterocycles. The Kier molecular flexibility index (Phi) is 6.11. The maximum Gasteiger partial charge on any atom is 0.313 e. The number of carbonyl (C=O) groups is 1. The zero-order valence-corrected chi connectivity index (χ0v) is 14.4. The monoisotopic (exact) mass is 370 g/mol. The lowest BCUT2D eigenvalue weighted by Gasteiger charge is -2.08. The Bertz CT molecular complexity index is 627. The topological polar surface area (TPSA) is 55.1 Å². The van der Waals surface area contributed by atoms with Crippen LogP contribution >= 0.6 is 27.7 Å². The van der Waals surface area contributed by atoms with Gasteiger partial charge in [-0.1, -0.05) is 53.9 Å². The van der Waals surface area contributed by atoms with Crippen molar-refractivity contribution in [2.75, 3.05) is 5.75 Å². The molecular formula is C15H19BrN2O2S. The average Bonchev–Trinajstić information content (AvgIpc) is 2.78. The average molecular weight is 371 g/mol. The highest BCUT2D eigenvalue weighted by Crippen LogP contribution is 2.27. The van der Waals surface area contributed by atoms with Crippen molar-refractivity contribution in [1.29, 1.82) is 0 Å². The Labute approximate surface area is 137 Å². The standard InChI is InChI=1S/C15H19BrN2O2S/c1-2-3-4-5-8-18-13-7-6-11(16)9-12(13)17-15(18)21-10-14(19)20/h6-7,9H,2-5,8,10H2,1H3,(H,19,20). The van der Waals surface area contributed by atoms with E-state index in [0.29, 0.717) is 0 Å². The summed E-state index contributed by atoms with van der Waals surface area (Å²) in [7, 11) is 0. The minimum absolute atomic E-state index is 0.0411. The number of thioether (sulfide) groups is 1. The van der Waals surface area contributed by atoms with E-state index in [1.54, 1.807) is 0 Å². The fraction of sp³-hybridized carbons (Fsp3) is 0.467. The third kappa shape index (κ3) is 4.48. The number of benzene rings is 1. The Hall–Kier alpha value is -1.01. The van der Waals surface area contributed by atoms with Gasteiger partial charge in [0.2, 0.25) is 0 Å². The Morgan fingerprint density at radius 2 is 2.19 bits per heavy atom. The molecule has 1 aromatic heterocycles. The van der Waals surface area contributed by atoms with E-state index in [4.69, 9.17) is 5.11 Å². The molecule has 4 nitrogen and oxygen atoms in total. The van der Waals surface area contributed by atoms with Gasteiger partial charge >= 0.3 is 5.97 Å². The predicted molar refractivity (Wildman–Crippen MR) is 89.9 cm³/mol. The molecule has 0 atom stereocenters. The number of aromatic nitrogens is 2. The van der Waals surface area contributed by atoms with Crippen molar-refractivity contribution in [3.8, 4) is 0 Å². The molecule has 1 heterocycles. The molecule has 0 fully saturated rings. The number of halogens is 1. The maximum atomic E-state index is 10.8. The summed E-state index contributed by atoms with van der Waals surface area (Å²) in [6, 6.07) is 6.01. The van der Waals surface area contributed by atoms with E-state index >= 15 is 0 Å². The number of aryl methyl sites for hydroxylation is 1. The molecule has 1 aromatic carbocycles. The summed E-state index contributed by atoms with van der Waals surface area (Å²) in [5.41, 5.74) is 1.98. The minimum Gasteiger partial charge on any atom is -0.481 e. The van der Waals surface area contributed by atoms with Crippen LogP contribution in [0.25, 0.3) is 11.0 Å². The molecule has 0 saturated carbocycles. The SMILES string of the molecule is CCCCCCn1c(SCC(=O)O)nc2cc(Br)ccc21. The first-order valence-electron chi connectivity index (χ1n) is 7.12. The summed E-state index contributed by atoms with van der Waals surface area (Å²) in [5, 5.41) is 9.66. The molecule has 0 aliphatic rings. The number of carboxylic acids is 1. The molecule has 1 N–H and O–H groups in total. The fourth-order valence-electron chi connectivity index (χ4n) is 2.23. The molecule has 21 heavy (non-hydrogen) atoms. The van der Waals surface area contributed by atoms with Crippen LogP contribution < -0.4 is 0 Å². The normalized spacial score (nSPS) is 11.1. The van der Waals surface area contributed by atoms with E-state index in [-0.39, 0.29) is 5.75 Å². The van der Waals surface area contributed by atoms with Crippen molar-refractivity contribution < 1.29 is 9.90 Å².